The van der Waals surface area contributed by atoms with Crippen molar-refractivity contribution in [2.24, 2.45) is 0 Å². The maximum atomic E-state index is 8.81. The third-order valence-electron chi connectivity index (χ3n) is 2.19. The number of benzene rings is 1. The normalized spacial score (nSPS) is 9.38. The summed E-state index contributed by atoms with van der Waals surface area (Å²) < 4.78 is 0. The van der Waals surface area contributed by atoms with Gasteiger partial charge in [0.15, 0.2) is 6.19 Å². The number of nitrogens with zero attached hydrogens (tertiary/aromatic N) is 2. The third-order valence-corrected chi connectivity index (χ3v) is 2.19. The molecular weight excluding hydrogens is 160 g/mol. The van der Waals surface area contributed by atoms with Crippen molar-refractivity contribution in [2.45, 2.75) is 20.3 Å². The molecule has 0 aromatic heterocycles. The predicted octanol–water partition coefficient (Wildman–Crippen LogP) is 2.47. The fourth-order valence-corrected chi connectivity index (χ4v) is 1.53. The van der Waals surface area contributed by atoms with Gasteiger partial charge in [-0.2, -0.15) is 5.26 Å². The summed E-state index contributed by atoms with van der Waals surface area (Å²) in [4.78, 5) is 1.62. The molecule has 1 aromatic carbocycles. The van der Waals surface area contributed by atoms with Gasteiger partial charge in [-0.1, -0.05) is 25.1 Å². The van der Waals surface area contributed by atoms with E-state index in [1.54, 1.807) is 11.9 Å². The monoisotopic (exact) mass is 174 g/mol. The number of hydrogen-bond acceptors (Lipinski definition) is 2. The van der Waals surface area contributed by atoms with Gasteiger partial charge < -0.3 is 0 Å². The lowest BCUT2D eigenvalue weighted by Crippen LogP contribution is -2.12. The summed E-state index contributed by atoms with van der Waals surface area (Å²) in [7, 11) is 1.79. The third kappa shape index (κ3) is 1.81. The highest BCUT2D eigenvalue weighted by Gasteiger charge is 2.07. The van der Waals surface area contributed by atoms with Crippen LogP contribution in [0.2, 0.25) is 0 Å². The van der Waals surface area contributed by atoms with Crippen LogP contribution in [0.3, 0.4) is 0 Å². The van der Waals surface area contributed by atoms with Gasteiger partial charge in [0.25, 0.3) is 0 Å². The molecule has 0 unspecified atom stereocenters. The number of anilines is 1. The van der Waals surface area contributed by atoms with E-state index in [1.807, 2.05) is 19.1 Å². The van der Waals surface area contributed by atoms with Crippen LogP contribution in [0.25, 0.3) is 0 Å². The molecule has 68 valence electrons. The summed E-state index contributed by atoms with van der Waals surface area (Å²) in [6, 6.07) is 6.13. The van der Waals surface area contributed by atoms with E-state index in [4.69, 9.17) is 5.26 Å². The first kappa shape index (κ1) is 9.60. The van der Waals surface area contributed by atoms with E-state index in [2.05, 4.69) is 19.2 Å². The van der Waals surface area contributed by atoms with Gasteiger partial charge in [-0.3, -0.25) is 4.90 Å². The molecule has 0 N–H and O–H groups in total. The molecule has 13 heavy (non-hydrogen) atoms. The van der Waals surface area contributed by atoms with E-state index in [0.717, 1.165) is 17.7 Å². The molecule has 0 heterocycles. The van der Waals surface area contributed by atoms with Crippen molar-refractivity contribution in [3.8, 4) is 6.19 Å². The molecular formula is C11H14N2. The zero-order chi connectivity index (χ0) is 9.84. The molecule has 0 aliphatic carbocycles. The van der Waals surface area contributed by atoms with E-state index in [0.29, 0.717) is 0 Å². The lowest BCUT2D eigenvalue weighted by molar-refractivity contribution is 1.08. The van der Waals surface area contributed by atoms with Gasteiger partial charge in [-0.25, -0.2) is 0 Å². The molecule has 2 heteroatoms. The molecule has 2 nitrogen and oxygen atoms in total. The average Bonchev–Trinajstić information content (AvgIpc) is 2.16. The van der Waals surface area contributed by atoms with Crippen LogP contribution >= 0.6 is 0 Å². The summed E-state index contributed by atoms with van der Waals surface area (Å²) in [5, 5.41) is 8.81. The maximum absolute atomic E-state index is 8.81. The first-order chi connectivity index (χ1) is 6.20. The van der Waals surface area contributed by atoms with Gasteiger partial charge in [0, 0.05) is 7.05 Å². The Morgan fingerprint density at radius 2 is 2.15 bits per heavy atom. The Bertz CT molecular complexity index is 336. The van der Waals surface area contributed by atoms with Crippen molar-refractivity contribution >= 4 is 5.69 Å². The molecule has 0 atom stereocenters. The van der Waals surface area contributed by atoms with Crippen LogP contribution in [0, 0.1) is 18.4 Å². The van der Waals surface area contributed by atoms with Crippen LogP contribution in [0.1, 0.15) is 18.1 Å². The van der Waals surface area contributed by atoms with Crippen molar-refractivity contribution in [3.63, 3.8) is 0 Å². The van der Waals surface area contributed by atoms with Crippen LogP contribution in [-0.2, 0) is 6.42 Å². The SMILES string of the molecule is CCc1cccc(C)c1N(C)C#N. The number of aryl methyl sites for hydroxylation is 2. The van der Waals surface area contributed by atoms with Gasteiger partial charge in [-0.15, -0.1) is 0 Å². The van der Waals surface area contributed by atoms with E-state index >= 15 is 0 Å². The van der Waals surface area contributed by atoms with Crippen LogP contribution in [0.5, 0.6) is 0 Å². The number of hydrogen-bond donors (Lipinski definition) is 0. The van der Waals surface area contributed by atoms with Crippen molar-refractivity contribution in [2.75, 3.05) is 11.9 Å². The zero-order valence-electron chi connectivity index (χ0n) is 8.33. The van der Waals surface area contributed by atoms with E-state index < -0.39 is 0 Å². The second kappa shape index (κ2) is 3.95. The maximum Gasteiger partial charge on any atom is 0.184 e. The Kier molecular flexibility index (Phi) is 2.92. The Morgan fingerprint density at radius 1 is 1.46 bits per heavy atom. The second-order valence-electron chi connectivity index (χ2n) is 3.10. The van der Waals surface area contributed by atoms with Gasteiger partial charge in [0.05, 0.1) is 5.69 Å². The minimum absolute atomic E-state index is 0.961. The number of nitriles is 1. The molecule has 0 spiro atoms. The molecule has 0 bridgehead atoms. The van der Waals surface area contributed by atoms with Crippen LogP contribution < -0.4 is 4.90 Å². The first-order valence-electron chi connectivity index (χ1n) is 4.42. The highest BCUT2D eigenvalue weighted by molar-refractivity contribution is 5.61. The van der Waals surface area contributed by atoms with Crippen molar-refractivity contribution in [3.05, 3.63) is 29.3 Å². The quantitative estimate of drug-likeness (QED) is 0.508. The molecule has 0 amide bonds. The fraction of sp³-hybridized carbons (Fsp3) is 0.364. The minimum Gasteiger partial charge on any atom is -0.282 e. The summed E-state index contributed by atoms with van der Waals surface area (Å²) >= 11 is 0. The van der Waals surface area contributed by atoms with E-state index in [-0.39, 0.29) is 0 Å². The van der Waals surface area contributed by atoms with Crippen LogP contribution in [0.4, 0.5) is 5.69 Å². The smallest absolute Gasteiger partial charge is 0.184 e. The van der Waals surface area contributed by atoms with Crippen LogP contribution in [-0.4, -0.2) is 7.05 Å². The number of para-hydroxylation sites is 1. The topological polar surface area (TPSA) is 27.0 Å². The summed E-state index contributed by atoms with van der Waals surface area (Å²) in [5.41, 5.74) is 3.43. The summed E-state index contributed by atoms with van der Waals surface area (Å²) in [6.07, 6.45) is 3.09. The number of rotatable bonds is 2. The molecule has 1 aromatic rings. The van der Waals surface area contributed by atoms with Gasteiger partial charge in [0.1, 0.15) is 0 Å². The van der Waals surface area contributed by atoms with Crippen molar-refractivity contribution in [1.82, 2.24) is 0 Å². The van der Waals surface area contributed by atoms with E-state index in [1.165, 1.54) is 5.56 Å². The molecule has 0 aliphatic rings. The largest absolute Gasteiger partial charge is 0.282 e. The highest BCUT2D eigenvalue weighted by Crippen LogP contribution is 2.23. The molecule has 0 saturated carbocycles. The predicted molar refractivity (Wildman–Crippen MR) is 54.6 cm³/mol. The van der Waals surface area contributed by atoms with E-state index in [9.17, 15) is 0 Å². The van der Waals surface area contributed by atoms with Gasteiger partial charge >= 0.3 is 0 Å². The second-order valence-corrected chi connectivity index (χ2v) is 3.10. The van der Waals surface area contributed by atoms with Crippen molar-refractivity contribution < 1.29 is 0 Å². The minimum atomic E-state index is 0.961. The lowest BCUT2D eigenvalue weighted by atomic mass is 10.1. The average molecular weight is 174 g/mol. The Hall–Kier alpha value is -1.49. The molecule has 0 saturated heterocycles. The standard InChI is InChI=1S/C11H14N2/c1-4-10-7-5-6-9(2)11(10)13(3)8-12/h5-7H,4H2,1-3H3. The van der Waals surface area contributed by atoms with Gasteiger partial charge in [0.2, 0.25) is 0 Å². The lowest BCUT2D eigenvalue weighted by Gasteiger charge is -2.16. The zero-order valence-corrected chi connectivity index (χ0v) is 8.33. The molecule has 1 rings (SSSR count). The Labute approximate surface area is 79.4 Å². The van der Waals surface area contributed by atoms with Crippen LogP contribution in [0.15, 0.2) is 18.2 Å². The molecule has 0 radical (unpaired) electrons. The highest BCUT2D eigenvalue weighted by atomic mass is 15.1. The Balaban J connectivity index is 3.24. The Morgan fingerprint density at radius 3 is 2.69 bits per heavy atom. The molecule has 0 aliphatic heterocycles. The summed E-state index contributed by atoms with van der Waals surface area (Å²) in [5.74, 6) is 0. The van der Waals surface area contributed by atoms with Crippen molar-refractivity contribution in [1.29, 1.82) is 5.26 Å². The first-order valence-corrected chi connectivity index (χ1v) is 4.42. The molecule has 0 fully saturated rings. The van der Waals surface area contributed by atoms with Gasteiger partial charge in [-0.05, 0) is 24.5 Å². The summed E-state index contributed by atoms with van der Waals surface area (Å²) in [6.45, 7) is 4.13. The fourth-order valence-electron chi connectivity index (χ4n) is 1.53.